The minimum absolute atomic E-state index is 0.0479. The van der Waals surface area contributed by atoms with Crippen molar-refractivity contribution in [2.24, 2.45) is 0 Å². The summed E-state index contributed by atoms with van der Waals surface area (Å²) in [6, 6.07) is 14.3. The summed E-state index contributed by atoms with van der Waals surface area (Å²) >= 11 is 1.55. The van der Waals surface area contributed by atoms with Crippen LogP contribution in [0.2, 0.25) is 0 Å². The van der Waals surface area contributed by atoms with Crippen molar-refractivity contribution in [3.8, 4) is 0 Å². The summed E-state index contributed by atoms with van der Waals surface area (Å²) in [4.78, 5) is 40.0. The summed E-state index contributed by atoms with van der Waals surface area (Å²) < 4.78 is 6.29. The lowest BCUT2D eigenvalue weighted by Gasteiger charge is -2.13. The van der Waals surface area contributed by atoms with Crippen molar-refractivity contribution in [3.05, 3.63) is 59.1 Å². The third kappa shape index (κ3) is 5.01. The average Bonchev–Trinajstić information content (AvgIpc) is 3.09. The van der Waals surface area contributed by atoms with Crippen LogP contribution in [-0.4, -0.2) is 28.7 Å². The number of nitrogens with zero attached hydrogens (tertiary/aromatic N) is 1. The van der Waals surface area contributed by atoms with Gasteiger partial charge in [0.1, 0.15) is 0 Å². The maximum atomic E-state index is 12.2. The number of benzene rings is 2. The maximum Gasteiger partial charge on any atom is 0.306 e. The molecular weight excluding hydrogens is 376 g/mol. The monoisotopic (exact) mass is 396 g/mol. The van der Waals surface area contributed by atoms with Gasteiger partial charge in [0.2, 0.25) is 0 Å². The number of ketones is 1. The molecule has 0 spiro atoms. The molecule has 0 bridgehead atoms. The van der Waals surface area contributed by atoms with Gasteiger partial charge in [0, 0.05) is 17.7 Å². The van der Waals surface area contributed by atoms with E-state index in [4.69, 9.17) is 4.74 Å². The van der Waals surface area contributed by atoms with E-state index >= 15 is 0 Å². The number of amides is 1. The molecular formula is C21H20N2O4S. The van der Waals surface area contributed by atoms with Gasteiger partial charge in [0.15, 0.2) is 11.9 Å². The SMILES string of the molecule is CC(=O)c1ccc(NC(=O)[C@@H](C)OC(=O)CCc2nc3ccccc3s2)cc1. The van der Waals surface area contributed by atoms with Crippen LogP contribution in [0.25, 0.3) is 10.2 Å². The summed E-state index contributed by atoms with van der Waals surface area (Å²) in [5.41, 5.74) is 2.01. The molecule has 3 aromatic rings. The molecule has 0 aliphatic heterocycles. The van der Waals surface area contributed by atoms with Gasteiger partial charge in [-0.15, -0.1) is 11.3 Å². The van der Waals surface area contributed by atoms with Crippen LogP contribution in [0, 0.1) is 0 Å². The highest BCUT2D eigenvalue weighted by molar-refractivity contribution is 7.18. The lowest BCUT2D eigenvalue weighted by molar-refractivity contribution is -0.153. The molecule has 0 aliphatic carbocycles. The number of thiazole rings is 1. The molecule has 0 radical (unpaired) electrons. The fraction of sp³-hybridized carbons (Fsp3) is 0.238. The van der Waals surface area contributed by atoms with Crippen LogP contribution in [0.4, 0.5) is 5.69 Å². The van der Waals surface area contributed by atoms with Gasteiger partial charge in [0.25, 0.3) is 5.91 Å². The largest absolute Gasteiger partial charge is 0.453 e. The summed E-state index contributed by atoms with van der Waals surface area (Å²) in [6.45, 7) is 3.00. The summed E-state index contributed by atoms with van der Waals surface area (Å²) in [5, 5.41) is 3.53. The topological polar surface area (TPSA) is 85.4 Å². The van der Waals surface area contributed by atoms with Gasteiger partial charge in [-0.1, -0.05) is 12.1 Å². The smallest absolute Gasteiger partial charge is 0.306 e. The first-order valence-electron chi connectivity index (χ1n) is 8.88. The van der Waals surface area contributed by atoms with Crippen LogP contribution in [0.3, 0.4) is 0 Å². The highest BCUT2D eigenvalue weighted by atomic mass is 32.1. The van der Waals surface area contributed by atoms with Gasteiger partial charge in [-0.25, -0.2) is 4.98 Å². The number of para-hydroxylation sites is 1. The van der Waals surface area contributed by atoms with E-state index in [1.165, 1.54) is 13.8 Å². The van der Waals surface area contributed by atoms with Gasteiger partial charge >= 0.3 is 5.97 Å². The average molecular weight is 396 g/mol. The van der Waals surface area contributed by atoms with Gasteiger partial charge < -0.3 is 10.1 Å². The van der Waals surface area contributed by atoms with Crippen molar-refractivity contribution in [1.29, 1.82) is 0 Å². The molecule has 0 fully saturated rings. The molecule has 6 nitrogen and oxygen atoms in total. The zero-order chi connectivity index (χ0) is 20.1. The number of esters is 1. The molecule has 28 heavy (non-hydrogen) atoms. The lowest BCUT2D eigenvalue weighted by Crippen LogP contribution is -2.30. The minimum Gasteiger partial charge on any atom is -0.453 e. The van der Waals surface area contributed by atoms with Crippen LogP contribution in [-0.2, 0) is 20.7 Å². The standard InChI is InChI=1S/C21H20N2O4S/c1-13(24)15-7-9-16(10-8-15)22-21(26)14(2)27-20(25)12-11-19-23-17-5-3-4-6-18(17)28-19/h3-10,14H,11-12H2,1-2H3,(H,22,26)/t14-/m1/s1. The number of carbonyl (C=O) groups is 3. The predicted molar refractivity (Wildman–Crippen MR) is 109 cm³/mol. The first-order valence-corrected chi connectivity index (χ1v) is 9.70. The number of ether oxygens (including phenoxy) is 1. The molecule has 1 amide bonds. The summed E-state index contributed by atoms with van der Waals surface area (Å²) in [7, 11) is 0. The molecule has 144 valence electrons. The molecule has 0 aliphatic rings. The number of nitrogens with one attached hydrogen (secondary N) is 1. The molecule has 0 unspecified atom stereocenters. The Bertz CT molecular complexity index is 978. The van der Waals surface area contributed by atoms with Crippen molar-refractivity contribution in [1.82, 2.24) is 4.98 Å². The third-order valence-corrected chi connectivity index (χ3v) is 5.21. The van der Waals surface area contributed by atoms with E-state index in [9.17, 15) is 14.4 Å². The van der Waals surface area contributed by atoms with E-state index in [1.807, 2.05) is 24.3 Å². The summed E-state index contributed by atoms with van der Waals surface area (Å²) in [6.07, 6.45) is -0.292. The zero-order valence-electron chi connectivity index (χ0n) is 15.6. The normalized spacial score (nSPS) is 11.8. The second-order valence-corrected chi connectivity index (χ2v) is 7.45. The number of fused-ring (bicyclic) bond motifs is 1. The number of anilines is 1. The zero-order valence-corrected chi connectivity index (χ0v) is 16.4. The van der Waals surface area contributed by atoms with E-state index in [2.05, 4.69) is 10.3 Å². The molecule has 1 atom stereocenters. The second kappa shape index (κ2) is 8.75. The lowest BCUT2D eigenvalue weighted by atomic mass is 10.1. The Balaban J connectivity index is 1.48. The van der Waals surface area contributed by atoms with E-state index in [1.54, 1.807) is 35.6 Å². The molecule has 1 aromatic heterocycles. The molecule has 3 rings (SSSR count). The van der Waals surface area contributed by atoms with E-state index in [-0.39, 0.29) is 12.2 Å². The molecule has 0 saturated heterocycles. The Morgan fingerprint density at radius 2 is 1.82 bits per heavy atom. The summed E-state index contributed by atoms with van der Waals surface area (Å²) in [5.74, 6) is -0.925. The molecule has 2 aromatic carbocycles. The number of aromatic nitrogens is 1. The third-order valence-electron chi connectivity index (χ3n) is 4.12. The number of hydrogen-bond acceptors (Lipinski definition) is 6. The van der Waals surface area contributed by atoms with Crippen LogP contribution < -0.4 is 5.32 Å². The number of rotatable bonds is 7. The van der Waals surface area contributed by atoms with E-state index < -0.39 is 18.0 Å². The van der Waals surface area contributed by atoms with Crippen LogP contribution in [0.15, 0.2) is 48.5 Å². The second-order valence-electron chi connectivity index (χ2n) is 6.33. The highest BCUT2D eigenvalue weighted by Gasteiger charge is 2.18. The molecule has 0 saturated carbocycles. The Morgan fingerprint density at radius 1 is 1.11 bits per heavy atom. The maximum absolute atomic E-state index is 12.2. The number of carbonyl (C=O) groups excluding carboxylic acids is 3. The van der Waals surface area contributed by atoms with Gasteiger partial charge in [-0.2, -0.15) is 0 Å². The fourth-order valence-corrected chi connectivity index (χ4v) is 3.54. The van der Waals surface area contributed by atoms with Crippen molar-refractivity contribution >= 4 is 44.9 Å². The van der Waals surface area contributed by atoms with Crippen LogP contribution in [0.5, 0.6) is 0 Å². The molecule has 1 N–H and O–H groups in total. The van der Waals surface area contributed by atoms with Crippen molar-refractivity contribution in [2.45, 2.75) is 32.8 Å². The van der Waals surface area contributed by atoms with Gasteiger partial charge in [-0.05, 0) is 50.2 Å². The number of Topliss-reactive ketones (excluding diaryl/α,β-unsaturated/α-hetero) is 1. The van der Waals surface area contributed by atoms with Gasteiger partial charge in [-0.3, -0.25) is 14.4 Å². The Morgan fingerprint density at radius 3 is 2.50 bits per heavy atom. The Labute approximate surface area is 166 Å². The van der Waals surface area contributed by atoms with Crippen molar-refractivity contribution in [2.75, 3.05) is 5.32 Å². The highest BCUT2D eigenvalue weighted by Crippen LogP contribution is 2.22. The first-order chi connectivity index (χ1) is 13.4. The van der Waals surface area contributed by atoms with Gasteiger partial charge in [0.05, 0.1) is 21.6 Å². The predicted octanol–water partition coefficient (Wildman–Crippen LogP) is 4.00. The van der Waals surface area contributed by atoms with Crippen molar-refractivity contribution < 1.29 is 19.1 Å². The first kappa shape index (κ1) is 19.7. The van der Waals surface area contributed by atoms with E-state index in [0.717, 1.165) is 15.2 Å². The minimum atomic E-state index is -0.921. The number of hydrogen-bond donors (Lipinski definition) is 1. The molecule has 1 heterocycles. The van der Waals surface area contributed by atoms with Crippen LogP contribution >= 0.6 is 11.3 Å². The van der Waals surface area contributed by atoms with E-state index in [0.29, 0.717) is 17.7 Å². The van der Waals surface area contributed by atoms with Crippen molar-refractivity contribution in [3.63, 3.8) is 0 Å². The molecule has 7 heteroatoms. The van der Waals surface area contributed by atoms with Crippen LogP contribution in [0.1, 0.15) is 35.6 Å². The Kier molecular flexibility index (Phi) is 6.16. The fourth-order valence-electron chi connectivity index (χ4n) is 2.58. The quantitative estimate of drug-likeness (QED) is 0.482. The Hall–Kier alpha value is -3.06. The number of aryl methyl sites for hydroxylation is 1.